The second kappa shape index (κ2) is 7.21. The first-order valence-electron chi connectivity index (χ1n) is 8.18. The van der Waals surface area contributed by atoms with E-state index < -0.39 is 0 Å². The highest BCUT2D eigenvalue weighted by Gasteiger charge is 2.29. The number of hydrogen-bond donors (Lipinski definition) is 0. The molecule has 1 fully saturated rings. The minimum absolute atomic E-state index is 0.00780. The van der Waals surface area contributed by atoms with Gasteiger partial charge >= 0.3 is 4.87 Å². The van der Waals surface area contributed by atoms with Crippen molar-refractivity contribution in [3.8, 4) is 5.75 Å². The monoisotopic (exact) mass is 346 g/mol. The number of benzene rings is 1. The molecular formula is C18H22N2O3S. The van der Waals surface area contributed by atoms with E-state index in [2.05, 4.69) is 0 Å². The molecule has 24 heavy (non-hydrogen) atoms. The summed E-state index contributed by atoms with van der Waals surface area (Å²) in [4.78, 5) is 26.4. The molecule has 1 aliphatic rings. The van der Waals surface area contributed by atoms with Gasteiger partial charge in [0.15, 0.2) is 0 Å². The number of nitrogens with zero attached hydrogens (tertiary/aromatic N) is 2. The largest absolute Gasteiger partial charge is 0.497 e. The predicted octanol–water partition coefficient (Wildman–Crippen LogP) is 2.98. The Labute approximate surface area is 145 Å². The van der Waals surface area contributed by atoms with E-state index in [1.165, 1.54) is 11.3 Å². The van der Waals surface area contributed by atoms with Crippen LogP contribution in [-0.4, -0.2) is 29.0 Å². The topological polar surface area (TPSA) is 51.5 Å². The fourth-order valence-electron chi connectivity index (χ4n) is 3.26. The van der Waals surface area contributed by atoms with Crippen molar-refractivity contribution in [1.82, 2.24) is 9.47 Å². The van der Waals surface area contributed by atoms with Crippen molar-refractivity contribution in [3.05, 3.63) is 50.6 Å². The smallest absolute Gasteiger partial charge is 0.307 e. The molecule has 1 unspecified atom stereocenters. The highest BCUT2D eigenvalue weighted by Crippen LogP contribution is 2.33. The Kier molecular flexibility index (Phi) is 5.04. The predicted molar refractivity (Wildman–Crippen MR) is 94.6 cm³/mol. The lowest BCUT2D eigenvalue weighted by molar-refractivity contribution is -0.132. The Balaban J connectivity index is 1.68. The Morgan fingerprint density at radius 1 is 1.33 bits per heavy atom. The van der Waals surface area contributed by atoms with Crippen LogP contribution in [0.15, 0.2) is 34.4 Å². The number of amides is 1. The van der Waals surface area contributed by atoms with E-state index in [0.29, 0.717) is 13.0 Å². The fourth-order valence-corrected chi connectivity index (χ4v) is 4.02. The van der Waals surface area contributed by atoms with Gasteiger partial charge in [-0.3, -0.25) is 9.59 Å². The minimum atomic E-state index is 0.00780. The Morgan fingerprint density at radius 3 is 2.71 bits per heavy atom. The number of methoxy groups -OCH3 is 1. The number of thiazole rings is 1. The zero-order valence-corrected chi connectivity index (χ0v) is 14.8. The molecule has 1 aromatic heterocycles. The number of likely N-dealkylation sites (tertiary alicyclic amines) is 1. The first-order valence-corrected chi connectivity index (χ1v) is 9.06. The third-order valence-electron chi connectivity index (χ3n) is 4.60. The average molecular weight is 346 g/mol. The Hall–Kier alpha value is -2.08. The number of carbonyl (C=O) groups excluding carboxylic acids is 1. The standard InChI is InChI=1S/C18H22N2O3S/c1-13-12-24-18(22)19(13)11-9-17(21)20-10-3-4-16(20)14-5-7-15(23-2)8-6-14/h5-8,12,16H,3-4,9-11H2,1-2H3. The Morgan fingerprint density at radius 2 is 2.08 bits per heavy atom. The molecule has 128 valence electrons. The van der Waals surface area contributed by atoms with Crippen molar-refractivity contribution in [1.29, 1.82) is 0 Å². The van der Waals surface area contributed by atoms with E-state index in [9.17, 15) is 9.59 Å². The number of aryl methyl sites for hydroxylation is 1. The summed E-state index contributed by atoms with van der Waals surface area (Å²) in [6, 6.07) is 8.06. The van der Waals surface area contributed by atoms with E-state index in [0.717, 1.165) is 36.4 Å². The van der Waals surface area contributed by atoms with Crippen LogP contribution in [0.3, 0.4) is 0 Å². The fraction of sp³-hybridized carbons (Fsp3) is 0.444. The van der Waals surface area contributed by atoms with Crippen LogP contribution in [0.5, 0.6) is 5.75 Å². The first kappa shape index (κ1) is 16.8. The van der Waals surface area contributed by atoms with E-state index in [1.54, 1.807) is 11.7 Å². The molecule has 0 spiro atoms. The van der Waals surface area contributed by atoms with E-state index >= 15 is 0 Å². The maximum Gasteiger partial charge on any atom is 0.307 e. The molecule has 3 rings (SSSR count). The molecule has 1 saturated heterocycles. The Bertz CT molecular complexity index is 763. The van der Waals surface area contributed by atoms with Crippen LogP contribution in [0.25, 0.3) is 0 Å². The number of carbonyl (C=O) groups is 1. The SMILES string of the molecule is COc1ccc(C2CCCN2C(=O)CCn2c(C)csc2=O)cc1. The average Bonchev–Trinajstić information content (AvgIpc) is 3.20. The molecule has 6 heteroatoms. The van der Waals surface area contributed by atoms with Crippen molar-refractivity contribution in [2.75, 3.05) is 13.7 Å². The molecule has 0 saturated carbocycles. The molecule has 5 nitrogen and oxygen atoms in total. The molecule has 0 radical (unpaired) electrons. The third-order valence-corrected chi connectivity index (χ3v) is 5.48. The van der Waals surface area contributed by atoms with Crippen molar-refractivity contribution >= 4 is 17.2 Å². The number of ether oxygens (including phenoxy) is 1. The molecule has 0 aliphatic carbocycles. The molecule has 1 amide bonds. The number of rotatable bonds is 5. The van der Waals surface area contributed by atoms with Crippen molar-refractivity contribution in [3.63, 3.8) is 0 Å². The molecule has 1 aromatic carbocycles. The van der Waals surface area contributed by atoms with Crippen LogP contribution >= 0.6 is 11.3 Å². The molecule has 2 heterocycles. The summed E-state index contributed by atoms with van der Waals surface area (Å²) in [6.07, 6.45) is 2.36. The van der Waals surface area contributed by atoms with Gasteiger partial charge in [0.05, 0.1) is 13.2 Å². The van der Waals surface area contributed by atoms with Gasteiger partial charge in [-0.2, -0.15) is 0 Å². The van der Waals surface area contributed by atoms with Gasteiger partial charge in [-0.25, -0.2) is 0 Å². The first-order chi connectivity index (χ1) is 11.6. The summed E-state index contributed by atoms with van der Waals surface area (Å²) in [5, 5.41) is 1.84. The van der Waals surface area contributed by atoms with Crippen LogP contribution in [0, 0.1) is 6.92 Å². The quantitative estimate of drug-likeness (QED) is 0.836. The summed E-state index contributed by atoms with van der Waals surface area (Å²) in [5.74, 6) is 0.938. The number of hydrogen-bond acceptors (Lipinski definition) is 4. The molecular weight excluding hydrogens is 324 g/mol. The van der Waals surface area contributed by atoms with Crippen molar-refractivity contribution in [2.24, 2.45) is 0 Å². The highest BCUT2D eigenvalue weighted by atomic mass is 32.1. The summed E-state index contributed by atoms with van der Waals surface area (Å²) in [7, 11) is 1.65. The summed E-state index contributed by atoms with van der Waals surface area (Å²) < 4.78 is 6.88. The molecule has 0 bridgehead atoms. The van der Waals surface area contributed by atoms with Gasteiger partial charge in [0.25, 0.3) is 0 Å². The van der Waals surface area contributed by atoms with E-state index in [4.69, 9.17) is 4.74 Å². The zero-order chi connectivity index (χ0) is 17.1. The van der Waals surface area contributed by atoms with Crippen LogP contribution in [-0.2, 0) is 11.3 Å². The normalized spacial score (nSPS) is 17.2. The highest BCUT2D eigenvalue weighted by molar-refractivity contribution is 7.07. The van der Waals surface area contributed by atoms with Gasteiger partial charge < -0.3 is 14.2 Å². The lowest BCUT2D eigenvalue weighted by atomic mass is 10.0. The maximum absolute atomic E-state index is 12.7. The summed E-state index contributed by atoms with van der Waals surface area (Å²) in [6.45, 7) is 3.14. The molecule has 2 aromatic rings. The van der Waals surface area contributed by atoms with E-state index in [1.807, 2.05) is 41.5 Å². The van der Waals surface area contributed by atoms with Crippen LogP contribution < -0.4 is 9.61 Å². The van der Waals surface area contributed by atoms with Crippen LogP contribution in [0.1, 0.15) is 36.6 Å². The van der Waals surface area contributed by atoms with Gasteiger partial charge in [0.1, 0.15) is 5.75 Å². The summed E-state index contributed by atoms with van der Waals surface area (Å²) >= 11 is 1.19. The molecule has 0 N–H and O–H groups in total. The molecule has 1 aliphatic heterocycles. The minimum Gasteiger partial charge on any atom is -0.497 e. The van der Waals surface area contributed by atoms with Crippen LogP contribution in [0.2, 0.25) is 0 Å². The maximum atomic E-state index is 12.7. The van der Waals surface area contributed by atoms with Gasteiger partial charge in [-0.1, -0.05) is 23.5 Å². The van der Waals surface area contributed by atoms with E-state index in [-0.39, 0.29) is 16.8 Å². The van der Waals surface area contributed by atoms with Gasteiger partial charge in [0, 0.05) is 30.6 Å². The summed E-state index contributed by atoms with van der Waals surface area (Å²) in [5.41, 5.74) is 2.07. The zero-order valence-electron chi connectivity index (χ0n) is 14.0. The van der Waals surface area contributed by atoms with Crippen molar-refractivity contribution in [2.45, 2.75) is 38.8 Å². The van der Waals surface area contributed by atoms with Gasteiger partial charge in [0.2, 0.25) is 5.91 Å². The second-order valence-corrected chi connectivity index (χ2v) is 6.88. The van der Waals surface area contributed by atoms with Crippen molar-refractivity contribution < 1.29 is 9.53 Å². The molecule has 1 atom stereocenters. The number of aromatic nitrogens is 1. The van der Waals surface area contributed by atoms with Gasteiger partial charge in [-0.05, 0) is 37.5 Å². The van der Waals surface area contributed by atoms with Crippen LogP contribution in [0.4, 0.5) is 0 Å². The third kappa shape index (κ3) is 3.38. The lowest BCUT2D eigenvalue weighted by Gasteiger charge is -2.25. The lowest BCUT2D eigenvalue weighted by Crippen LogP contribution is -2.32. The van der Waals surface area contributed by atoms with Gasteiger partial charge in [-0.15, -0.1) is 0 Å². The second-order valence-electron chi connectivity index (χ2n) is 6.06.